The van der Waals surface area contributed by atoms with Crippen molar-refractivity contribution in [3.8, 4) is 0 Å². The highest BCUT2D eigenvalue weighted by Gasteiger charge is 2.11. The van der Waals surface area contributed by atoms with Crippen LogP contribution in [0.5, 0.6) is 0 Å². The van der Waals surface area contributed by atoms with E-state index in [1.807, 2.05) is 6.07 Å². The zero-order valence-corrected chi connectivity index (χ0v) is 12.1. The van der Waals surface area contributed by atoms with Crippen molar-refractivity contribution >= 4 is 28.3 Å². The number of nitrogens with one attached hydrogen (secondary N) is 1. The number of aryl methyl sites for hydroxylation is 1. The molecule has 0 atom stereocenters. The Morgan fingerprint density at radius 3 is 2.61 bits per heavy atom. The largest absolute Gasteiger partial charge is 0.370 e. The number of hydrogen-bond acceptors (Lipinski definition) is 2. The third kappa shape index (κ3) is 2.44. The van der Waals surface area contributed by atoms with Gasteiger partial charge in [0.05, 0.1) is 10.5 Å². The molecular formula is C15H19ClN2. The molecule has 1 aromatic heterocycles. The zero-order valence-electron chi connectivity index (χ0n) is 11.3. The number of pyridine rings is 1. The Balaban J connectivity index is 2.72. The maximum Gasteiger partial charge on any atom is 0.130 e. The molecule has 0 fully saturated rings. The van der Waals surface area contributed by atoms with Gasteiger partial charge in [-0.1, -0.05) is 25.4 Å². The van der Waals surface area contributed by atoms with Crippen LogP contribution in [0.2, 0.25) is 5.02 Å². The Kier molecular flexibility index (Phi) is 3.76. The molecule has 1 N–H and O–H groups in total. The number of anilines is 1. The fourth-order valence-corrected chi connectivity index (χ4v) is 2.47. The lowest BCUT2D eigenvalue weighted by Gasteiger charge is -2.15. The molecule has 2 rings (SSSR count). The molecule has 0 saturated heterocycles. The number of benzene rings is 1. The van der Waals surface area contributed by atoms with Crippen LogP contribution >= 0.6 is 11.6 Å². The van der Waals surface area contributed by atoms with Crippen LogP contribution < -0.4 is 5.32 Å². The summed E-state index contributed by atoms with van der Waals surface area (Å²) in [5.74, 6) is 1.39. The van der Waals surface area contributed by atoms with Crippen molar-refractivity contribution in [3.63, 3.8) is 0 Å². The third-order valence-corrected chi connectivity index (χ3v) is 3.30. The number of halogens is 1. The molecule has 1 aromatic carbocycles. The van der Waals surface area contributed by atoms with Gasteiger partial charge in [-0.3, -0.25) is 0 Å². The van der Waals surface area contributed by atoms with Gasteiger partial charge in [-0.25, -0.2) is 4.98 Å². The molecule has 2 aromatic rings. The van der Waals surface area contributed by atoms with Crippen LogP contribution in [-0.2, 0) is 0 Å². The second kappa shape index (κ2) is 5.15. The van der Waals surface area contributed by atoms with E-state index in [0.29, 0.717) is 5.92 Å². The van der Waals surface area contributed by atoms with Crippen LogP contribution in [-0.4, -0.2) is 11.5 Å². The summed E-state index contributed by atoms with van der Waals surface area (Å²) in [7, 11) is 0. The number of nitrogens with zero attached hydrogens (tertiary/aromatic N) is 1. The van der Waals surface area contributed by atoms with Crippen LogP contribution in [0, 0.1) is 6.92 Å². The first kappa shape index (κ1) is 13.2. The van der Waals surface area contributed by atoms with Crippen LogP contribution in [0.4, 0.5) is 5.82 Å². The van der Waals surface area contributed by atoms with Gasteiger partial charge in [-0.15, -0.1) is 0 Å². The highest BCUT2D eigenvalue weighted by molar-refractivity contribution is 6.35. The monoisotopic (exact) mass is 262 g/mol. The summed E-state index contributed by atoms with van der Waals surface area (Å²) in [6.07, 6.45) is 0. The standard InChI is InChI=1S/C15H19ClN2/c1-5-17-15-12(9(2)3)8-11-6-10(4)7-13(16)14(11)18-15/h6-9H,5H2,1-4H3,(H,17,18). The lowest BCUT2D eigenvalue weighted by molar-refractivity contribution is 0.861. The molecule has 0 bridgehead atoms. The number of hydrogen-bond donors (Lipinski definition) is 1. The fourth-order valence-electron chi connectivity index (χ4n) is 2.15. The number of rotatable bonds is 3. The van der Waals surface area contributed by atoms with Crippen LogP contribution in [0.3, 0.4) is 0 Å². The van der Waals surface area contributed by atoms with Crippen molar-refractivity contribution in [2.75, 3.05) is 11.9 Å². The van der Waals surface area contributed by atoms with Gasteiger partial charge < -0.3 is 5.32 Å². The van der Waals surface area contributed by atoms with Gasteiger partial charge in [0, 0.05) is 11.9 Å². The van der Waals surface area contributed by atoms with Crippen molar-refractivity contribution in [1.82, 2.24) is 4.98 Å². The lowest BCUT2D eigenvalue weighted by atomic mass is 10.0. The summed E-state index contributed by atoms with van der Waals surface area (Å²) < 4.78 is 0. The third-order valence-electron chi connectivity index (χ3n) is 3.01. The number of fused-ring (bicyclic) bond motifs is 1. The summed E-state index contributed by atoms with van der Waals surface area (Å²) in [6.45, 7) is 9.36. The van der Waals surface area contributed by atoms with Gasteiger partial charge in [-0.05, 0) is 49.1 Å². The smallest absolute Gasteiger partial charge is 0.130 e. The van der Waals surface area contributed by atoms with Crippen molar-refractivity contribution in [2.45, 2.75) is 33.6 Å². The van der Waals surface area contributed by atoms with Crippen molar-refractivity contribution in [1.29, 1.82) is 0 Å². The maximum atomic E-state index is 6.28. The normalized spacial score (nSPS) is 11.2. The van der Waals surface area contributed by atoms with E-state index in [-0.39, 0.29) is 0 Å². The number of aromatic nitrogens is 1. The van der Waals surface area contributed by atoms with E-state index in [1.165, 1.54) is 11.1 Å². The first-order chi connectivity index (χ1) is 8.52. The minimum atomic E-state index is 0.440. The summed E-state index contributed by atoms with van der Waals surface area (Å²) in [5.41, 5.74) is 3.29. The Morgan fingerprint density at radius 2 is 2.00 bits per heavy atom. The molecule has 3 heteroatoms. The Labute approximate surface area is 113 Å². The van der Waals surface area contributed by atoms with Gasteiger partial charge in [-0.2, -0.15) is 0 Å². The Hall–Kier alpha value is -1.28. The van der Waals surface area contributed by atoms with Gasteiger partial charge in [0.1, 0.15) is 5.82 Å². The van der Waals surface area contributed by atoms with Gasteiger partial charge >= 0.3 is 0 Å². The molecule has 18 heavy (non-hydrogen) atoms. The summed E-state index contributed by atoms with van der Waals surface area (Å²) in [6, 6.07) is 6.29. The molecule has 0 aliphatic carbocycles. The zero-order chi connectivity index (χ0) is 13.3. The topological polar surface area (TPSA) is 24.9 Å². The van der Waals surface area contributed by atoms with Crippen molar-refractivity contribution in [2.24, 2.45) is 0 Å². The second-order valence-corrected chi connectivity index (χ2v) is 5.34. The molecule has 0 amide bonds. The van der Waals surface area contributed by atoms with Gasteiger partial charge in [0.25, 0.3) is 0 Å². The average molecular weight is 263 g/mol. The van der Waals surface area contributed by atoms with Crippen LogP contribution in [0.15, 0.2) is 18.2 Å². The highest BCUT2D eigenvalue weighted by atomic mass is 35.5. The van der Waals surface area contributed by atoms with E-state index in [9.17, 15) is 0 Å². The van der Waals surface area contributed by atoms with E-state index in [2.05, 4.69) is 50.1 Å². The molecule has 0 radical (unpaired) electrons. The molecule has 1 heterocycles. The van der Waals surface area contributed by atoms with E-state index >= 15 is 0 Å². The van der Waals surface area contributed by atoms with Gasteiger partial charge in [0.15, 0.2) is 0 Å². The van der Waals surface area contributed by atoms with E-state index in [0.717, 1.165) is 28.3 Å². The fraction of sp³-hybridized carbons (Fsp3) is 0.400. The van der Waals surface area contributed by atoms with E-state index < -0.39 is 0 Å². The van der Waals surface area contributed by atoms with Crippen LogP contribution in [0.1, 0.15) is 37.8 Å². The molecule has 0 spiro atoms. The quantitative estimate of drug-likeness (QED) is 0.863. The SMILES string of the molecule is CCNc1nc2c(Cl)cc(C)cc2cc1C(C)C. The molecule has 2 nitrogen and oxygen atoms in total. The minimum absolute atomic E-state index is 0.440. The lowest BCUT2D eigenvalue weighted by Crippen LogP contribution is -2.05. The molecule has 0 aliphatic heterocycles. The predicted octanol–water partition coefficient (Wildman–Crippen LogP) is 4.75. The van der Waals surface area contributed by atoms with Gasteiger partial charge in [0.2, 0.25) is 0 Å². The molecule has 0 unspecified atom stereocenters. The second-order valence-electron chi connectivity index (χ2n) is 4.93. The molecule has 96 valence electrons. The highest BCUT2D eigenvalue weighted by Crippen LogP contribution is 2.30. The van der Waals surface area contributed by atoms with E-state index in [4.69, 9.17) is 11.6 Å². The summed E-state index contributed by atoms with van der Waals surface area (Å²) in [4.78, 5) is 4.68. The molecule has 0 aliphatic rings. The van der Waals surface area contributed by atoms with Crippen molar-refractivity contribution in [3.05, 3.63) is 34.3 Å². The maximum absolute atomic E-state index is 6.28. The van der Waals surface area contributed by atoms with Crippen molar-refractivity contribution < 1.29 is 0 Å². The first-order valence-corrected chi connectivity index (χ1v) is 6.75. The Morgan fingerprint density at radius 1 is 1.28 bits per heavy atom. The summed E-state index contributed by atoms with van der Waals surface area (Å²) >= 11 is 6.28. The summed E-state index contributed by atoms with van der Waals surface area (Å²) in [5, 5.41) is 5.16. The predicted molar refractivity (Wildman–Crippen MR) is 79.7 cm³/mol. The minimum Gasteiger partial charge on any atom is -0.370 e. The first-order valence-electron chi connectivity index (χ1n) is 6.37. The van der Waals surface area contributed by atoms with Crippen LogP contribution in [0.25, 0.3) is 10.9 Å². The molecule has 0 saturated carbocycles. The molecular weight excluding hydrogens is 244 g/mol. The average Bonchev–Trinajstić information content (AvgIpc) is 2.29. The Bertz CT molecular complexity index is 576. The van der Waals surface area contributed by atoms with E-state index in [1.54, 1.807) is 0 Å².